The molecule has 0 aliphatic heterocycles. The fourth-order valence-electron chi connectivity index (χ4n) is 1.76. The SMILES string of the molecule is C[C@@H](Oc1ccc(C=Nc2cccc(C(=O)O)c2)cc1)C(=O)O. The van der Waals surface area contributed by atoms with Crippen LogP contribution in [0.3, 0.4) is 0 Å². The molecule has 0 amide bonds. The number of ether oxygens (including phenoxy) is 1. The molecule has 0 unspecified atom stereocenters. The summed E-state index contributed by atoms with van der Waals surface area (Å²) in [4.78, 5) is 25.8. The van der Waals surface area contributed by atoms with E-state index < -0.39 is 18.0 Å². The van der Waals surface area contributed by atoms with E-state index >= 15 is 0 Å². The molecule has 6 nitrogen and oxygen atoms in total. The summed E-state index contributed by atoms with van der Waals surface area (Å²) in [5, 5.41) is 17.7. The number of carboxylic acids is 2. The molecular weight excluding hydrogens is 298 g/mol. The van der Waals surface area contributed by atoms with Crippen molar-refractivity contribution in [3.8, 4) is 5.75 Å². The number of carbonyl (C=O) groups is 2. The first-order chi connectivity index (χ1) is 11.0. The highest BCUT2D eigenvalue weighted by atomic mass is 16.5. The van der Waals surface area contributed by atoms with Crippen molar-refractivity contribution < 1.29 is 24.5 Å². The molecule has 0 fully saturated rings. The van der Waals surface area contributed by atoms with Gasteiger partial charge in [-0.1, -0.05) is 6.07 Å². The van der Waals surface area contributed by atoms with Crippen LogP contribution in [-0.2, 0) is 4.79 Å². The van der Waals surface area contributed by atoms with Gasteiger partial charge in [-0.15, -0.1) is 0 Å². The van der Waals surface area contributed by atoms with Crippen LogP contribution in [0.2, 0.25) is 0 Å². The highest BCUT2D eigenvalue weighted by molar-refractivity contribution is 5.89. The summed E-state index contributed by atoms with van der Waals surface area (Å²) in [5.41, 5.74) is 1.48. The molecule has 118 valence electrons. The smallest absolute Gasteiger partial charge is 0.344 e. The third-order valence-electron chi connectivity index (χ3n) is 3.00. The van der Waals surface area contributed by atoms with Crippen molar-refractivity contribution in [3.63, 3.8) is 0 Å². The van der Waals surface area contributed by atoms with Crippen LogP contribution in [0.4, 0.5) is 5.69 Å². The number of rotatable bonds is 6. The molecule has 23 heavy (non-hydrogen) atoms. The van der Waals surface area contributed by atoms with E-state index in [-0.39, 0.29) is 5.56 Å². The minimum atomic E-state index is -1.03. The minimum absolute atomic E-state index is 0.172. The van der Waals surface area contributed by atoms with E-state index in [2.05, 4.69) is 4.99 Å². The van der Waals surface area contributed by atoms with Gasteiger partial charge in [0.2, 0.25) is 0 Å². The minimum Gasteiger partial charge on any atom is -0.479 e. The maximum absolute atomic E-state index is 10.9. The van der Waals surface area contributed by atoms with Gasteiger partial charge in [0.15, 0.2) is 6.10 Å². The molecule has 0 aliphatic rings. The van der Waals surface area contributed by atoms with Crippen LogP contribution in [0.1, 0.15) is 22.8 Å². The first-order valence-electron chi connectivity index (χ1n) is 6.82. The fraction of sp³-hybridized carbons (Fsp3) is 0.118. The predicted octanol–water partition coefficient (Wildman–Crippen LogP) is 2.99. The molecule has 6 heteroatoms. The third-order valence-corrected chi connectivity index (χ3v) is 3.00. The zero-order chi connectivity index (χ0) is 16.8. The van der Waals surface area contributed by atoms with Gasteiger partial charge in [0.1, 0.15) is 5.75 Å². The Labute approximate surface area is 132 Å². The molecule has 0 bridgehead atoms. The quantitative estimate of drug-likeness (QED) is 0.799. The van der Waals surface area contributed by atoms with Crippen LogP contribution in [0, 0.1) is 0 Å². The van der Waals surface area contributed by atoms with Gasteiger partial charge in [-0.3, -0.25) is 4.99 Å². The summed E-state index contributed by atoms with van der Waals surface area (Å²) < 4.78 is 5.23. The van der Waals surface area contributed by atoms with Crippen LogP contribution in [0.15, 0.2) is 53.5 Å². The Hall–Kier alpha value is -3.15. The summed E-state index contributed by atoms with van der Waals surface area (Å²) in [6.07, 6.45) is 0.666. The molecule has 0 spiro atoms. The van der Waals surface area contributed by atoms with E-state index in [1.54, 1.807) is 42.6 Å². The molecule has 2 aromatic carbocycles. The van der Waals surface area contributed by atoms with Gasteiger partial charge in [0, 0.05) is 6.21 Å². The van der Waals surface area contributed by atoms with Crippen molar-refractivity contribution in [1.29, 1.82) is 0 Å². The molecule has 0 saturated carbocycles. The fourth-order valence-corrected chi connectivity index (χ4v) is 1.76. The Kier molecular flexibility index (Phi) is 5.09. The number of carboxylic acid groups (broad SMARTS) is 2. The number of nitrogens with zero attached hydrogens (tertiary/aromatic N) is 1. The van der Waals surface area contributed by atoms with Crippen molar-refractivity contribution in [2.45, 2.75) is 13.0 Å². The lowest BCUT2D eigenvalue weighted by Gasteiger charge is -2.09. The number of aliphatic imine (C=N–C) groups is 1. The number of hydrogen-bond donors (Lipinski definition) is 2. The lowest BCUT2D eigenvalue weighted by molar-refractivity contribution is -0.144. The van der Waals surface area contributed by atoms with Crippen molar-refractivity contribution in [3.05, 3.63) is 59.7 Å². The van der Waals surface area contributed by atoms with E-state index in [0.29, 0.717) is 11.4 Å². The summed E-state index contributed by atoms with van der Waals surface area (Å²) in [7, 11) is 0. The topological polar surface area (TPSA) is 96.2 Å². The predicted molar refractivity (Wildman–Crippen MR) is 84.8 cm³/mol. The zero-order valence-corrected chi connectivity index (χ0v) is 12.3. The lowest BCUT2D eigenvalue weighted by atomic mass is 10.2. The summed E-state index contributed by atoms with van der Waals surface area (Å²) in [5.74, 6) is -1.59. The summed E-state index contributed by atoms with van der Waals surface area (Å²) in [6.45, 7) is 1.45. The average Bonchev–Trinajstić information content (AvgIpc) is 2.54. The lowest BCUT2D eigenvalue weighted by Crippen LogP contribution is -2.22. The first kappa shape index (κ1) is 16.2. The van der Waals surface area contributed by atoms with Gasteiger partial charge in [-0.2, -0.15) is 0 Å². The Bertz CT molecular complexity index is 737. The second-order valence-electron chi connectivity index (χ2n) is 4.78. The van der Waals surface area contributed by atoms with Gasteiger partial charge < -0.3 is 14.9 Å². The molecule has 0 saturated heterocycles. The molecular formula is C17H15NO5. The van der Waals surface area contributed by atoms with Crippen LogP contribution in [-0.4, -0.2) is 34.5 Å². The average molecular weight is 313 g/mol. The maximum Gasteiger partial charge on any atom is 0.344 e. The monoisotopic (exact) mass is 313 g/mol. The van der Waals surface area contributed by atoms with Crippen molar-refractivity contribution in [2.24, 2.45) is 4.99 Å². The van der Waals surface area contributed by atoms with Crippen molar-refractivity contribution in [1.82, 2.24) is 0 Å². The normalized spacial score (nSPS) is 12.0. The largest absolute Gasteiger partial charge is 0.479 e. The highest BCUT2D eigenvalue weighted by Gasteiger charge is 2.11. The molecule has 0 aliphatic carbocycles. The molecule has 0 radical (unpaired) electrons. The Morgan fingerprint density at radius 3 is 2.43 bits per heavy atom. The van der Waals surface area contributed by atoms with Crippen LogP contribution in [0.25, 0.3) is 0 Å². The second kappa shape index (κ2) is 7.22. The first-order valence-corrected chi connectivity index (χ1v) is 6.82. The Morgan fingerprint density at radius 1 is 1.13 bits per heavy atom. The standard InChI is InChI=1S/C17H15NO5/c1-11(16(19)20)23-15-7-5-12(6-8-15)10-18-14-4-2-3-13(9-14)17(21)22/h2-11H,1H3,(H,19,20)(H,21,22)/t11-/m1/s1. The number of benzene rings is 2. The highest BCUT2D eigenvalue weighted by Crippen LogP contribution is 2.16. The summed E-state index contributed by atoms with van der Waals surface area (Å²) >= 11 is 0. The zero-order valence-electron chi connectivity index (χ0n) is 12.3. The molecule has 2 aromatic rings. The third kappa shape index (κ3) is 4.67. The van der Waals surface area contributed by atoms with E-state index in [0.717, 1.165) is 5.56 Å². The van der Waals surface area contributed by atoms with Crippen LogP contribution in [0.5, 0.6) is 5.75 Å². The molecule has 0 aromatic heterocycles. The van der Waals surface area contributed by atoms with Gasteiger partial charge in [-0.25, -0.2) is 9.59 Å². The second-order valence-corrected chi connectivity index (χ2v) is 4.78. The van der Waals surface area contributed by atoms with Crippen molar-refractivity contribution >= 4 is 23.8 Å². The van der Waals surface area contributed by atoms with Crippen LogP contribution >= 0.6 is 0 Å². The molecule has 1 atom stereocenters. The number of aromatic carboxylic acids is 1. The molecule has 2 rings (SSSR count). The Morgan fingerprint density at radius 2 is 1.83 bits per heavy atom. The van der Waals surface area contributed by atoms with E-state index in [1.165, 1.54) is 19.1 Å². The number of aliphatic carboxylic acids is 1. The number of hydrogen-bond acceptors (Lipinski definition) is 4. The van der Waals surface area contributed by atoms with E-state index in [9.17, 15) is 9.59 Å². The van der Waals surface area contributed by atoms with E-state index in [4.69, 9.17) is 14.9 Å². The van der Waals surface area contributed by atoms with E-state index in [1.807, 2.05) is 0 Å². The maximum atomic E-state index is 10.9. The van der Waals surface area contributed by atoms with Gasteiger partial charge >= 0.3 is 11.9 Å². The summed E-state index contributed by atoms with van der Waals surface area (Å²) in [6, 6.07) is 13.1. The van der Waals surface area contributed by atoms with Gasteiger partial charge in [0.05, 0.1) is 11.3 Å². The molecule has 0 heterocycles. The Balaban J connectivity index is 2.07. The van der Waals surface area contributed by atoms with Gasteiger partial charge in [-0.05, 0) is 55.0 Å². The van der Waals surface area contributed by atoms with Crippen LogP contribution < -0.4 is 4.74 Å². The van der Waals surface area contributed by atoms with Gasteiger partial charge in [0.25, 0.3) is 0 Å². The molecule has 2 N–H and O–H groups in total. The van der Waals surface area contributed by atoms with Crippen molar-refractivity contribution in [2.75, 3.05) is 0 Å².